The lowest BCUT2D eigenvalue weighted by Crippen LogP contribution is -2.38. The minimum Gasteiger partial charge on any atom is -0.353 e. The van der Waals surface area contributed by atoms with Gasteiger partial charge in [0.05, 0.1) is 0 Å². The fraction of sp³-hybridized carbons (Fsp3) is 0.929. The maximum absolute atomic E-state index is 12.0. The molecule has 2 saturated carbocycles. The van der Waals surface area contributed by atoms with E-state index in [1.54, 1.807) is 0 Å². The summed E-state index contributed by atoms with van der Waals surface area (Å²) in [6.45, 7) is 4.27. The van der Waals surface area contributed by atoms with Crippen molar-refractivity contribution in [1.29, 1.82) is 0 Å². The van der Waals surface area contributed by atoms with Crippen molar-refractivity contribution in [1.82, 2.24) is 5.32 Å². The highest BCUT2D eigenvalue weighted by Gasteiger charge is 2.40. The molecule has 98 valence electrons. The summed E-state index contributed by atoms with van der Waals surface area (Å²) in [6.07, 6.45) is 6.25. The standard InChI is InChI=1S/C14H24BrNO/c1-9(8-15)10(2)16-14(17)7-13-6-11-3-4-12(13)5-11/h9-13H,3-8H2,1-2H3,(H,16,17). The number of carbonyl (C=O) groups excluding carboxylic acids is 1. The van der Waals surface area contributed by atoms with Gasteiger partial charge in [0, 0.05) is 17.8 Å². The van der Waals surface area contributed by atoms with Crippen molar-refractivity contribution in [3.05, 3.63) is 0 Å². The zero-order valence-corrected chi connectivity index (χ0v) is 12.5. The second-order valence-corrected chi connectivity index (χ2v) is 6.77. The molecule has 2 bridgehead atoms. The van der Waals surface area contributed by atoms with E-state index in [-0.39, 0.29) is 11.9 Å². The van der Waals surface area contributed by atoms with E-state index in [1.807, 2.05) is 0 Å². The Morgan fingerprint density at radius 2 is 2.12 bits per heavy atom. The minimum atomic E-state index is 0.267. The van der Waals surface area contributed by atoms with Crippen LogP contribution in [0.15, 0.2) is 0 Å². The number of carbonyl (C=O) groups is 1. The number of fused-ring (bicyclic) bond motifs is 2. The number of rotatable bonds is 5. The monoisotopic (exact) mass is 301 g/mol. The van der Waals surface area contributed by atoms with Gasteiger partial charge in [0.25, 0.3) is 0 Å². The van der Waals surface area contributed by atoms with Gasteiger partial charge in [-0.3, -0.25) is 4.79 Å². The van der Waals surface area contributed by atoms with Crippen LogP contribution in [0.2, 0.25) is 0 Å². The van der Waals surface area contributed by atoms with Crippen LogP contribution >= 0.6 is 15.9 Å². The fourth-order valence-corrected chi connectivity index (χ4v) is 4.01. The van der Waals surface area contributed by atoms with E-state index >= 15 is 0 Å². The Morgan fingerprint density at radius 1 is 1.35 bits per heavy atom. The lowest BCUT2D eigenvalue weighted by molar-refractivity contribution is -0.123. The van der Waals surface area contributed by atoms with E-state index in [2.05, 4.69) is 35.1 Å². The molecule has 2 rings (SSSR count). The van der Waals surface area contributed by atoms with Crippen LogP contribution < -0.4 is 5.32 Å². The molecule has 0 heterocycles. The van der Waals surface area contributed by atoms with Crippen molar-refractivity contribution >= 4 is 21.8 Å². The van der Waals surface area contributed by atoms with Crippen LogP contribution in [0, 0.1) is 23.7 Å². The summed E-state index contributed by atoms with van der Waals surface area (Å²) in [5.41, 5.74) is 0. The first-order chi connectivity index (χ1) is 8.10. The van der Waals surface area contributed by atoms with E-state index in [0.717, 1.165) is 23.6 Å². The summed E-state index contributed by atoms with van der Waals surface area (Å²) < 4.78 is 0. The number of halogens is 1. The first-order valence-electron chi connectivity index (χ1n) is 6.95. The van der Waals surface area contributed by atoms with Gasteiger partial charge < -0.3 is 5.32 Å². The third kappa shape index (κ3) is 3.24. The van der Waals surface area contributed by atoms with E-state index in [0.29, 0.717) is 11.8 Å². The lowest BCUT2D eigenvalue weighted by Gasteiger charge is -2.24. The molecule has 2 nitrogen and oxygen atoms in total. The number of nitrogens with one attached hydrogen (secondary N) is 1. The summed E-state index contributed by atoms with van der Waals surface area (Å²) in [5.74, 6) is 3.24. The van der Waals surface area contributed by atoms with Crippen LogP contribution in [0.3, 0.4) is 0 Å². The maximum atomic E-state index is 12.0. The zero-order chi connectivity index (χ0) is 12.4. The van der Waals surface area contributed by atoms with Gasteiger partial charge >= 0.3 is 0 Å². The Bertz CT molecular complexity index is 281. The quantitative estimate of drug-likeness (QED) is 0.775. The van der Waals surface area contributed by atoms with Crippen molar-refractivity contribution in [2.75, 3.05) is 5.33 Å². The van der Waals surface area contributed by atoms with Gasteiger partial charge in [0.15, 0.2) is 0 Å². The molecule has 0 aromatic carbocycles. The maximum Gasteiger partial charge on any atom is 0.220 e. The number of amides is 1. The molecule has 2 aliphatic carbocycles. The summed E-state index contributed by atoms with van der Waals surface area (Å²) >= 11 is 3.47. The second-order valence-electron chi connectivity index (χ2n) is 6.13. The van der Waals surface area contributed by atoms with Gasteiger partial charge in [-0.05, 0) is 49.9 Å². The topological polar surface area (TPSA) is 29.1 Å². The average Bonchev–Trinajstić information content (AvgIpc) is 2.89. The molecule has 0 aromatic heterocycles. The molecule has 17 heavy (non-hydrogen) atoms. The Kier molecular flexibility index (Phi) is 4.51. The smallest absolute Gasteiger partial charge is 0.220 e. The second kappa shape index (κ2) is 5.73. The molecular weight excluding hydrogens is 278 g/mol. The van der Waals surface area contributed by atoms with Crippen molar-refractivity contribution in [3.8, 4) is 0 Å². The molecule has 0 aromatic rings. The molecule has 0 spiro atoms. The molecule has 0 radical (unpaired) electrons. The predicted octanol–water partition coefficient (Wildman–Crippen LogP) is 3.35. The number of alkyl halides is 1. The van der Waals surface area contributed by atoms with Gasteiger partial charge in [0.1, 0.15) is 0 Å². The van der Waals surface area contributed by atoms with Crippen molar-refractivity contribution in [2.24, 2.45) is 23.7 Å². The molecule has 5 unspecified atom stereocenters. The lowest BCUT2D eigenvalue weighted by atomic mass is 9.86. The first-order valence-corrected chi connectivity index (χ1v) is 8.07. The van der Waals surface area contributed by atoms with Crippen LogP contribution in [0.5, 0.6) is 0 Å². The summed E-state index contributed by atoms with van der Waals surface area (Å²) in [4.78, 5) is 12.0. The van der Waals surface area contributed by atoms with E-state index < -0.39 is 0 Å². The summed E-state index contributed by atoms with van der Waals surface area (Å²) in [6, 6.07) is 0.278. The highest BCUT2D eigenvalue weighted by Crippen LogP contribution is 2.49. The average molecular weight is 302 g/mol. The van der Waals surface area contributed by atoms with Crippen molar-refractivity contribution < 1.29 is 4.79 Å². The highest BCUT2D eigenvalue weighted by atomic mass is 79.9. The Morgan fingerprint density at radius 3 is 2.65 bits per heavy atom. The predicted molar refractivity (Wildman–Crippen MR) is 74.1 cm³/mol. The molecule has 0 aliphatic heterocycles. The summed E-state index contributed by atoms with van der Waals surface area (Å²) in [7, 11) is 0. The van der Waals surface area contributed by atoms with Gasteiger partial charge in [-0.25, -0.2) is 0 Å². The van der Waals surface area contributed by atoms with Gasteiger partial charge in [-0.15, -0.1) is 0 Å². The molecule has 1 amide bonds. The minimum absolute atomic E-state index is 0.267. The molecule has 2 aliphatic rings. The highest BCUT2D eigenvalue weighted by molar-refractivity contribution is 9.09. The Balaban J connectivity index is 1.74. The van der Waals surface area contributed by atoms with E-state index in [4.69, 9.17) is 0 Å². The zero-order valence-electron chi connectivity index (χ0n) is 10.9. The number of hydrogen-bond donors (Lipinski definition) is 1. The number of hydrogen-bond acceptors (Lipinski definition) is 1. The van der Waals surface area contributed by atoms with E-state index in [9.17, 15) is 4.79 Å². The van der Waals surface area contributed by atoms with Crippen molar-refractivity contribution in [3.63, 3.8) is 0 Å². The molecular formula is C14H24BrNO. The normalized spacial score (nSPS) is 34.6. The molecule has 5 atom stereocenters. The largest absolute Gasteiger partial charge is 0.353 e. The Hall–Kier alpha value is -0.0500. The van der Waals surface area contributed by atoms with Crippen LogP contribution in [-0.4, -0.2) is 17.3 Å². The molecule has 1 N–H and O–H groups in total. The SMILES string of the molecule is CC(CBr)C(C)NC(=O)CC1CC2CCC1C2. The molecule has 3 heteroatoms. The van der Waals surface area contributed by atoms with Crippen LogP contribution in [0.4, 0.5) is 0 Å². The van der Waals surface area contributed by atoms with Gasteiger partial charge in [0.2, 0.25) is 5.91 Å². The van der Waals surface area contributed by atoms with Gasteiger partial charge in [-0.1, -0.05) is 29.3 Å². The van der Waals surface area contributed by atoms with Crippen molar-refractivity contribution in [2.45, 2.75) is 52.0 Å². The molecule has 0 saturated heterocycles. The third-order valence-corrected chi connectivity index (χ3v) is 5.84. The van der Waals surface area contributed by atoms with Crippen LogP contribution in [0.1, 0.15) is 46.0 Å². The van der Waals surface area contributed by atoms with Crippen LogP contribution in [0.25, 0.3) is 0 Å². The van der Waals surface area contributed by atoms with Crippen LogP contribution in [-0.2, 0) is 4.79 Å². The summed E-state index contributed by atoms with van der Waals surface area (Å²) in [5, 5.41) is 4.09. The van der Waals surface area contributed by atoms with Gasteiger partial charge in [-0.2, -0.15) is 0 Å². The molecule has 2 fully saturated rings. The third-order valence-electron chi connectivity index (χ3n) is 4.82. The first kappa shape index (κ1) is 13.4. The Labute approximate surface area is 113 Å². The van der Waals surface area contributed by atoms with E-state index in [1.165, 1.54) is 25.7 Å². The fourth-order valence-electron chi connectivity index (χ4n) is 3.45.